The van der Waals surface area contributed by atoms with Gasteiger partial charge in [-0.3, -0.25) is 14.6 Å². The van der Waals surface area contributed by atoms with Gasteiger partial charge >= 0.3 is 0 Å². The van der Waals surface area contributed by atoms with Crippen LogP contribution >= 0.6 is 11.3 Å². The van der Waals surface area contributed by atoms with Crippen molar-refractivity contribution >= 4 is 38.7 Å². The molecule has 1 fully saturated rings. The van der Waals surface area contributed by atoms with Crippen LogP contribution in [0.5, 0.6) is 11.5 Å². The van der Waals surface area contributed by atoms with E-state index in [1.54, 1.807) is 43.4 Å². The Morgan fingerprint density at radius 2 is 2.00 bits per heavy atom. The van der Waals surface area contributed by atoms with Crippen molar-refractivity contribution in [2.24, 2.45) is 0 Å². The van der Waals surface area contributed by atoms with E-state index < -0.39 is 0 Å². The summed E-state index contributed by atoms with van der Waals surface area (Å²) in [6.45, 7) is 4.57. The molecule has 1 aliphatic rings. The molecular formula is C25H28FN3O4S. The number of hydrogen-bond donors (Lipinski definition) is 0. The standard InChI is InChI=1S/C25H28FN3O4S/c1-31-20-9-7-18(17-21(20)32-2)8-10-23(30)29(12-4-11-28-13-15-33-16-14-28)25-27-24-19(26)5-3-6-22(24)34-25/h3,5-10,17H,4,11-16H2,1-2H3/b10-8+. The molecule has 4 rings (SSSR count). The summed E-state index contributed by atoms with van der Waals surface area (Å²) in [6, 6.07) is 10.3. The van der Waals surface area contributed by atoms with Gasteiger partial charge in [-0.15, -0.1) is 0 Å². The van der Waals surface area contributed by atoms with Crippen LogP contribution in [0.3, 0.4) is 0 Å². The van der Waals surface area contributed by atoms with Gasteiger partial charge < -0.3 is 14.2 Å². The number of para-hydroxylation sites is 1. The molecule has 0 saturated carbocycles. The van der Waals surface area contributed by atoms with Gasteiger partial charge in [0.2, 0.25) is 0 Å². The van der Waals surface area contributed by atoms with E-state index in [1.165, 1.54) is 23.5 Å². The topological polar surface area (TPSA) is 64.1 Å². The summed E-state index contributed by atoms with van der Waals surface area (Å²) < 4.78 is 31.0. The third-order valence-electron chi connectivity index (χ3n) is 5.64. The maximum atomic E-state index is 14.2. The molecule has 0 atom stereocenters. The number of methoxy groups -OCH3 is 2. The Morgan fingerprint density at radius 1 is 1.21 bits per heavy atom. The second kappa shape index (κ2) is 11.4. The van der Waals surface area contributed by atoms with E-state index in [-0.39, 0.29) is 17.2 Å². The number of rotatable bonds is 9. The van der Waals surface area contributed by atoms with Gasteiger partial charge in [-0.25, -0.2) is 9.37 Å². The number of nitrogens with zero attached hydrogens (tertiary/aromatic N) is 3. The number of hydrogen-bond acceptors (Lipinski definition) is 7. The maximum Gasteiger partial charge on any atom is 0.252 e. The first kappa shape index (κ1) is 24.1. The van der Waals surface area contributed by atoms with Crippen LogP contribution in [-0.4, -0.2) is 69.4 Å². The van der Waals surface area contributed by atoms with Gasteiger partial charge in [0.05, 0.1) is 32.1 Å². The molecule has 0 N–H and O–H groups in total. The van der Waals surface area contributed by atoms with Crippen LogP contribution in [0.2, 0.25) is 0 Å². The molecule has 0 unspecified atom stereocenters. The first-order valence-corrected chi connectivity index (χ1v) is 12.0. The summed E-state index contributed by atoms with van der Waals surface area (Å²) >= 11 is 1.32. The summed E-state index contributed by atoms with van der Waals surface area (Å²) in [4.78, 5) is 21.7. The lowest BCUT2D eigenvalue weighted by molar-refractivity contribution is -0.114. The number of amides is 1. The Hall–Kier alpha value is -3.01. The second-order valence-corrected chi connectivity index (χ2v) is 8.84. The molecule has 0 bridgehead atoms. The molecule has 2 heterocycles. The van der Waals surface area contributed by atoms with Gasteiger partial charge in [0.1, 0.15) is 11.3 Å². The normalized spacial score (nSPS) is 14.6. The number of morpholine rings is 1. The molecule has 1 aliphatic heterocycles. The van der Waals surface area contributed by atoms with E-state index >= 15 is 0 Å². The first-order chi connectivity index (χ1) is 16.6. The van der Waals surface area contributed by atoms with Crippen molar-refractivity contribution in [3.8, 4) is 11.5 Å². The van der Waals surface area contributed by atoms with Crippen LogP contribution < -0.4 is 14.4 Å². The highest BCUT2D eigenvalue weighted by molar-refractivity contribution is 7.22. The van der Waals surface area contributed by atoms with Crippen LogP contribution in [-0.2, 0) is 9.53 Å². The van der Waals surface area contributed by atoms with E-state index in [1.807, 2.05) is 12.1 Å². The average molecular weight is 486 g/mol. The smallest absolute Gasteiger partial charge is 0.252 e. The average Bonchev–Trinajstić information content (AvgIpc) is 3.31. The number of thiazole rings is 1. The molecule has 3 aromatic rings. The largest absolute Gasteiger partial charge is 0.493 e. The van der Waals surface area contributed by atoms with E-state index in [9.17, 15) is 9.18 Å². The number of anilines is 1. The van der Waals surface area contributed by atoms with Gasteiger partial charge in [0.25, 0.3) is 5.91 Å². The van der Waals surface area contributed by atoms with Crippen molar-refractivity contribution in [1.29, 1.82) is 0 Å². The number of ether oxygens (including phenoxy) is 3. The molecule has 9 heteroatoms. The Balaban J connectivity index is 1.54. The molecule has 1 amide bonds. The van der Waals surface area contributed by atoms with Crippen LogP contribution in [0.4, 0.5) is 9.52 Å². The van der Waals surface area contributed by atoms with Crippen LogP contribution in [0.15, 0.2) is 42.5 Å². The lowest BCUT2D eigenvalue weighted by Crippen LogP contribution is -2.39. The molecule has 1 saturated heterocycles. The zero-order chi connectivity index (χ0) is 23.9. The van der Waals surface area contributed by atoms with E-state index in [2.05, 4.69) is 9.88 Å². The number of carbonyl (C=O) groups is 1. The molecule has 34 heavy (non-hydrogen) atoms. The number of benzene rings is 2. The molecule has 7 nitrogen and oxygen atoms in total. The van der Waals surface area contributed by atoms with Crippen molar-refractivity contribution in [2.45, 2.75) is 6.42 Å². The molecule has 180 valence electrons. The Bertz CT molecular complexity index is 1160. The maximum absolute atomic E-state index is 14.2. The van der Waals surface area contributed by atoms with Crippen molar-refractivity contribution in [3.63, 3.8) is 0 Å². The highest BCUT2D eigenvalue weighted by Crippen LogP contribution is 2.31. The lowest BCUT2D eigenvalue weighted by Gasteiger charge is -2.27. The van der Waals surface area contributed by atoms with Crippen molar-refractivity contribution in [2.75, 3.05) is 58.5 Å². The van der Waals surface area contributed by atoms with Crippen molar-refractivity contribution < 1.29 is 23.4 Å². The Kier molecular flexibility index (Phi) is 8.10. The summed E-state index contributed by atoms with van der Waals surface area (Å²) in [7, 11) is 3.14. The number of carbonyl (C=O) groups excluding carboxylic acids is 1. The van der Waals surface area contributed by atoms with Gasteiger partial charge in [0.15, 0.2) is 16.6 Å². The van der Waals surface area contributed by atoms with E-state index in [0.717, 1.165) is 44.8 Å². The lowest BCUT2D eigenvalue weighted by atomic mass is 10.2. The Morgan fingerprint density at radius 3 is 2.74 bits per heavy atom. The zero-order valence-electron chi connectivity index (χ0n) is 19.3. The minimum atomic E-state index is -0.387. The summed E-state index contributed by atoms with van der Waals surface area (Å²) in [5.74, 6) is 0.603. The first-order valence-electron chi connectivity index (χ1n) is 11.2. The van der Waals surface area contributed by atoms with Crippen LogP contribution in [0, 0.1) is 5.82 Å². The predicted molar refractivity (Wildman–Crippen MR) is 132 cm³/mol. The van der Waals surface area contributed by atoms with Gasteiger partial charge in [-0.2, -0.15) is 0 Å². The zero-order valence-corrected chi connectivity index (χ0v) is 20.1. The fourth-order valence-corrected chi connectivity index (χ4v) is 4.82. The fraction of sp³-hybridized carbons (Fsp3) is 0.360. The monoisotopic (exact) mass is 485 g/mol. The van der Waals surface area contributed by atoms with Crippen molar-refractivity contribution in [1.82, 2.24) is 9.88 Å². The predicted octanol–water partition coefficient (Wildman–Crippen LogP) is 4.22. The highest BCUT2D eigenvalue weighted by Gasteiger charge is 2.20. The van der Waals surface area contributed by atoms with Crippen LogP contribution in [0.1, 0.15) is 12.0 Å². The minimum absolute atomic E-state index is 0.212. The summed E-state index contributed by atoms with van der Waals surface area (Å²) in [6.07, 6.45) is 4.01. The quantitative estimate of drug-likeness (QED) is 0.423. The van der Waals surface area contributed by atoms with Crippen molar-refractivity contribution in [3.05, 3.63) is 53.9 Å². The number of fused-ring (bicyclic) bond motifs is 1. The number of halogens is 1. The fourth-order valence-electron chi connectivity index (χ4n) is 3.81. The molecule has 0 aliphatic carbocycles. The SMILES string of the molecule is COc1ccc(/C=C/C(=O)N(CCCN2CCOCC2)c2nc3c(F)cccc3s2)cc1OC. The van der Waals surface area contributed by atoms with E-state index in [4.69, 9.17) is 14.2 Å². The molecule has 0 spiro atoms. The summed E-state index contributed by atoms with van der Waals surface area (Å²) in [5, 5.41) is 0.490. The number of aromatic nitrogens is 1. The van der Waals surface area contributed by atoms with Gasteiger partial charge in [-0.05, 0) is 42.3 Å². The van der Waals surface area contributed by atoms with Crippen LogP contribution in [0.25, 0.3) is 16.3 Å². The summed E-state index contributed by atoms with van der Waals surface area (Å²) in [5.41, 5.74) is 1.09. The van der Waals surface area contributed by atoms with E-state index in [0.29, 0.717) is 27.9 Å². The molecule has 1 aromatic heterocycles. The highest BCUT2D eigenvalue weighted by atomic mass is 32.1. The van der Waals surface area contributed by atoms with Gasteiger partial charge in [-0.1, -0.05) is 23.5 Å². The molecule has 2 aromatic carbocycles. The minimum Gasteiger partial charge on any atom is -0.493 e. The Labute approximate surface area is 202 Å². The second-order valence-electron chi connectivity index (χ2n) is 7.83. The molecule has 0 radical (unpaired) electrons. The van der Waals surface area contributed by atoms with Gasteiger partial charge in [0, 0.05) is 32.3 Å². The third-order valence-corrected chi connectivity index (χ3v) is 6.68. The molecular weight excluding hydrogens is 457 g/mol. The third kappa shape index (κ3) is 5.72.